The van der Waals surface area contributed by atoms with Crippen LogP contribution < -0.4 is 10.1 Å². The first-order valence-electron chi connectivity index (χ1n) is 14.5. The molecule has 0 fully saturated rings. The number of carbonyl (C=O) groups excluding carboxylic acids is 2. The molecular formula is C38H30N2O5. The molecular weight excluding hydrogens is 564 g/mol. The van der Waals surface area contributed by atoms with E-state index in [-0.39, 0.29) is 16.8 Å². The van der Waals surface area contributed by atoms with E-state index >= 15 is 0 Å². The van der Waals surface area contributed by atoms with Crippen molar-refractivity contribution >= 4 is 34.3 Å². The van der Waals surface area contributed by atoms with Crippen molar-refractivity contribution < 1.29 is 24.2 Å². The van der Waals surface area contributed by atoms with Gasteiger partial charge in [-0.15, -0.1) is 0 Å². The van der Waals surface area contributed by atoms with Crippen molar-refractivity contribution in [1.82, 2.24) is 4.57 Å². The first-order chi connectivity index (χ1) is 21.9. The molecule has 0 atom stereocenters. The number of carboxylic acid groups (broad SMARTS) is 1. The van der Waals surface area contributed by atoms with Crippen molar-refractivity contribution in [3.63, 3.8) is 0 Å². The Morgan fingerprint density at radius 1 is 0.689 bits per heavy atom. The molecule has 222 valence electrons. The van der Waals surface area contributed by atoms with Gasteiger partial charge >= 0.3 is 5.97 Å². The molecule has 1 heterocycles. The van der Waals surface area contributed by atoms with Crippen LogP contribution in [-0.4, -0.2) is 27.3 Å². The Kier molecular flexibility index (Phi) is 8.51. The Balaban J connectivity index is 1.28. The number of carboxylic acids is 1. The quantitative estimate of drug-likeness (QED) is 0.121. The average Bonchev–Trinajstić information content (AvgIpc) is 3.42. The maximum Gasteiger partial charge on any atom is 0.335 e. The summed E-state index contributed by atoms with van der Waals surface area (Å²) in [6.07, 6.45) is 2.53. The lowest BCUT2D eigenvalue weighted by molar-refractivity contribution is -0.112. The standard InChI is InChI=1S/C38H30N2O5/c41-36(37(42)39-31-13-7-12-30(21-31)38(43)44)34-24-40(23-28-16-14-27(15-17-28)20-26-8-3-1-4-9-26)35-19-18-32(22-33(34)35)45-25-29-10-5-2-6-11-29/h1-19,21-22,24H,20,23,25H2,(H,39,42)(H,43,44). The largest absolute Gasteiger partial charge is 0.489 e. The molecule has 5 aromatic carbocycles. The Labute approximate surface area is 260 Å². The molecule has 0 aliphatic heterocycles. The van der Waals surface area contributed by atoms with Gasteiger partial charge in [-0.3, -0.25) is 9.59 Å². The predicted molar refractivity (Wildman–Crippen MR) is 174 cm³/mol. The second-order valence-corrected chi connectivity index (χ2v) is 10.8. The van der Waals surface area contributed by atoms with Crippen LogP contribution in [0, 0.1) is 0 Å². The number of carbonyl (C=O) groups is 3. The number of rotatable bonds is 11. The summed E-state index contributed by atoms with van der Waals surface area (Å²) in [5.41, 5.74) is 5.71. The molecule has 0 aliphatic carbocycles. The highest BCUT2D eigenvalue weighted by Gasteiger charge is 2.23. The van der Waals surface area contributed by atoms with Crippen molar-refractivity contribution in [2.45, 2.75) is 19.6 Å². The van der Waals surface area contributed by atoms with Crippen molar-refractivity contribution in [1.29, 1.82) is 0 Å². The number of nitrogens with zero attached hydrogens (tertiary/aromatic N) is 1. The summed E-state index contributed by atoms with van der Waals surface area (Å²) in [5.74, 6) is -2.16. The molecule has 0 aliphatic rings. The van der Waals surface area contributed by atoms with Crippen LogP contribution in [0.1, 0.15) is 43.0 Å². The van der Waals surface area contributed by atoms with Crippen LogP contribution in [0.2, 0.25) is 0 Å². The Morgan fingerprint density at radius 3 is 2.07 bits per heavy atom. The molecule has 1 aromatic heterocycles. The second kappa shape index (κ2) is 13.1. The van der Waals surface area contributed by atoms with Gasteiger partial charge < -0.3 is 19.7 Å². The summed E-state index contributed by atoms with van der Waals surface area (Å²) in [6.45, 7) is 0.841. The maximum atomic E-state index is 13.6. The number of amides is 1. The molecule has 6 aromatic rings. The lowest BCUT2D eigenvalue weighted by atomic mass is 10.0. The van der Waals surface area contributed by atoms with Gasteiger partial charge in [0.1, 0.15) is 12.4 Å². The van der Waals surface area contributed by atoms with Crippen LogP contribution in [0.25, 0.3) is 10.9 Å². The number of benzene rings is 5. The summed E-state index contributed by atoms with van der Waals surface area (Å²) in [7, 11) is 0. The topological polar surface area (TPSA) is 97.6 Å². The van der Waals surface area contributed by atoms with E-state index < -0.39 is 17.7 Å². The molecule has 45 heavy (non-hydrogen) atoms. The number of hydrogen-bond donors (Lipinski definition) is 2. The number of aromatic nitrogens is 1. The van der Waals surface area contributed by atoms with Crippen molar-refractivity contribution in [2.24, 2.45) is 0 Å². The van der Waals surface area contributed by atoms with Crippen LogP contribution in [0.15, 0.2) is 134 Å². The van der Waals surface area contributed by atoms with E-state index in [0.29, 0.717) is 24.3 Å². The molecule has 6 rings (SSSR count). The predicted octanol–water partition coefficient (Wildman–Crippen LogP) is 7.38. The normalized spacial score (nSPS) is 10.8. The minimum Gasteiger partial charge on any atom is -0.489 e. The minimum absolute atomic E-state index is 0.00634. The number of aromatic carboxylic acids is 1. The summed E-state index contributed by atoms with van der Waals surface area (Å²) in [4.78, 5) is 38.1. The summed E-state index contributed by atoms with van der Waals surface area (Å²) >= 11 is 0. The third-order valence-corrected chi connectivity index (χ3v) is 7.55. The zero-order valence-electron chi connectivity index (χ0n) is 24.4. The van der Waals surface area contributed by atoms with Crippen LogP contribution >= 0.6 is 0 Å². The SMILES string of the molecule is O=C(Nc1cccc(C(=O)O)c1)C(=O)c1cn(Cc2ccc(Cc3ccccc3)cc2)c2ccc(OCc3ccccc3)cc12. The van der Waals surface area contributed by atoms with E-state index in [4.69, 9.17) is 4.74 Å². The number of nitrogens with one attached hydrogen (secondary N) is 1. The van der Waals surface area contributed by atoms with Crippen LogP contribution in [-0.2, 0) is 24.4 Å². The smallest absolute Gasteiger partial charge is 0.335 e. The fourth-order valence-electron chi connectivity index (χ4n) is 5.25. The van der Waals surface area contributed by atoms with Crippen LogP contribution in [0.3, 0.4) is 0 Å². The molecule has 0 saturated carbocycles. The molecule has 7 heteroatoms. The highest BCUT2D eigenvalue weighted by molar-refractivity contribution is 6.48. The van der Waals surface area contributed by atoms with Gasteiger partial charge in [-0.05, 0) is 65.1 Å². The second-order valence-electron chi connectivity index (χ2n) is 10.8. The van der Waals surface area contributed by atoms with Crippen molar-refractivity contribution in [3.8, 4) is 5.75 Å². The molecule has 2 N–H and O–H groups in total. The lowest BCUT2D eigenvalue weighted by Crippen LogP contribution is -2.23. The van der Waals surface area contributed by atoms with Gasteiger partial charge in [-0.25, -0.2) is 4.79 Å². The Morgan fingerprint density at radius 2 is 1.36 bits per heavy atom. The highest BCUT2D eigenvalue weighted by Crippen LogP contribution is 2.28. The van der Waals surface area contributed by atoms with Gasteiger partial charge in [0.15, 0.2) is 0 Å². The van der Waals surface area contributed by atoms with Gasteiger partial charge in [-0.2, -0.15) is 0 Å². The first-order valence-corrected chi connectivity index (χ1v) is 14.5. The molecule has 0 bridgehead atoms. The zero-order chi connectivity index (χ0) is 31.2. The van der Waals surface area contributed by atoms with E-state index in [0.717, 1.165) is 23.1 Å². The average molecular weight is 595 g/mol. The number of fused-ring (bicyclic) bond motifs is 1. The lowest BCUT2D eigenvalue weighted by Gasteiger charge is -2.09. The monoisotopic (exact) mass is 594 g/mol. The molecule has 0 unspecified atom stereocenters. The van der Waals surface area contributed by atoms with E-state index in [1.54, 1.807) is 12.3 Å². The van der Waals surface area contributed by atoms with E-state index in [2.05, 4.69) is 41.7 Å². The van der Waals surface area contributed by atoms with Gasteiger partial charge in [-0.1, -0.05) is 91.0 Å². The van der Waals surface area contributed by atoms with Crippen molar-refractivity contribution in [2.75, 3.05) is 5.32 Å². The number of anilines is 1. The van der Waals surface area contributed by atoms with Crippen molar-refractivity contribution in [3.05, 3.63) is 167 Å². The van der Waals surface area contributed by atoms with Gasteiger partial charge in [0, 0.05) is 29.3 Å². The number of ketones is 1. The first kappa shape index (κ1) is 29.1. The fraction of sp³-hybridized carbons (Fsp3) is 0.0789. The highest BCUT2D eigenvalue weighted by atomic mass is 16.5. The number of ether oxygens (including phenoxy) is 1. The van der Waals surface area contributed by atoms with E-state index in [1.165, 1.54) is 35.4 Å². The van der Waals surface area contributed by atoms with Gasteiger partial charge in [0.05, 0.1) is 11.1 Å². The summed E-state index contributed by atoms with van der Waals surface area (Å²) in [6, 6.07) is 39.7. The molecule has 0 radical (unpaired) electrons. The third-order valence-electron chi connectivity index (χ3n) is 7.55. The van der Waals surface area contributed by atoms with Crippen LogP contribution in [0.5, 0.6) is 5.75 Å². The number of hydrogen-bond acceptors (Lipinski definition) is 4. The maximum absolute atomic E-state index is 13.6. The van der Waals surface area contributed by atoms with E-state index in [1.807, 2.05) is 65.2 Å². The van der Waals surface area contributed by atoms with E-state index in [9.17, 15) is 19.5 Å². The summed E-state index contributed by atoms with van der Waals surface area (Å²) in [5, 5.41) is 12.4. The fourth-order valence-corrected chi connectivity index (χ4v) is 5.25. The Hall–Kier alpha value is -5.95. The third kappa shape index (κ3) is 7.00. The zero-order valence-corrected chi connectivity index (χ0v) is 24.4. The van der Waals surface area contributed by atoms with Crippen LogP contribution in [0.4, 0.5) is 5.69 Å². The molecule has 0 spiro atoms. The Bertz CT molecular complexity index is 1980. The van der Waals surface area contributed by atoms with Gasteiger partial charge in [0.25, 0.3) is 11.7 Å². The molecule has 0 saturated heterocycles. The number of Topliss-reactive ketones (excluding diaryl/α,β-unsaturated/α-hetero) is 1. The molecule has 1 amide bonds. The minimum atomic E-state index is -1.13. The summed E-state index contributed by atoms with van der Waals surface area (Å²) < 4.78 is 7.99. The van der Waals surface area contributed by atoms with Gasteiger partial charge in [0.2, 0.25) is 0 Å². The molecule has 7 nitrogen and oxygen atoms in total.